The Labute approximate surface area is 134 Å². The van der Waals surface area contributed by atoms with E-state index in [0.717, 1.165) is 44.6 Å². The number of carbonyl (C=O) groups is 1. The van der Waals surface area contributed by atoms with Gasteiger partial charge >= 0.3 is 0 Å². The van der Waals surface area contributed by atoms with Crippen molar-refractivity contribution in [3.05, 3.63) is 0 Å². The summed E-state index contributed by atoms with van der Waals surface area (Å²) in [6, 6.07) is 0.728. The lowest BCUT2D eigenvalue weighted by atomic mass is 9.67. The summed E-state index contributed by atoms with van der Waals surface area (Å²) >= 11 is 0. The number of carbonyl (C=O) groups excluding carboxylic acids is 1. The van der Waals surface area contributed by atoms with Crippen molar-refractivity contribution in [3.8, 4) is 0 Å². The van der Waals surface area contributed by atoms with E-state index in [1.807, 2.05) is 0 Å². The Kier molecular flexibility index (Phi) is 4.16. The maximum atomic E-state index is 13.3. The predicted octanol–water partition coefficient (Wildman–Crippen LogP) is 1.76. The number of piperidine rings is 1. The van der Waals surface area contributed by atoms with Crippen molar-refractivity contribution in [2.24, 2.45) is 17.3 Å². The predicted molar refractivity (Wildman–Crippen MR) is 87.6 cm³/mol. The summed E-state index contributed by atoms with van der Waals surface area (Å²) in [6.45, 7) is 5.18. The summed E-state index contributed by atoms with van der Waals surface area (Å²) in [5.74, 6) is 1.89. The molecule has 2 N–H and O–H groups in total. The van der Waals surface area contributed by atoms with Crippen LogP contribution in [0.15, 0.2) is 0 Å². The second-order valence-corrected chi connectivity index (χ2v) is 8.06. The van der Waals surface area contributed by atoms with Gasteiger partial charge < -0.3 is 15.5 Å². The molecule has 1 unspecified atom stereocenters. The quantitative estimate of drug-likeness (QED) is 0.817. The smallest absolute Gasteiger partial charge is 0.230 e. The van der Waals surface area contributed by atoms with Crippen LogP contribution in [-0.4, -0.2) is 49.6 Å². The topological polar surface area (TPSA) is 44.4 Å². The van der Waals surface area contributed by atoms with Crippen molar-refractivity contribution in [1.29, 1.82) is 0 Å². The Hall–Kier alpha value is -0.610. The molecule has 4 heteroatoms. The standard InChI is InChI=1S/C18H31N3O/c22-17(18-8-2-1-4-15(18)12-19-13-18)21-10-6-14(7-11-21)16-5-3-9-20-16/h14-16,19-20H,1-13H2/t15-,16?,18+/m0/s1. The summed E-state index contributed by atoms with van der Waals surface area (Å²) in [6.07, 6.45) is 10.0. The molecule has 0 aromatic carbocycles. The molecule has 0 bridgehead atoms. The first-order valence-corrected chi connectivity index (χ1v) is 9.53. The average molecular weight is 305 g/mol. The van der Waals surface area contributed by atoms with Crippen LogP contribution in [0.5, 0.6) is 0 Å². The second-order valence-electron chi connectivity index (χ2n) is 8.06. The Bertz CT molecular complexity index is 413. The zero-order chi connectivity index (χ0) is 15.0. The number of rotatable bonds is 2. The number of nitrogens with zero attached hydrogens (tertiary/aromatic N) is 1. The largest absolute Gasteiger partial charge is 0.342 e. The van der Waals surface area contributed by atoms with Gasteiger partial charge in [0.25, 0.3) is 0 Å². The summed E-state index contributed by atoms with van der Waals surface area (Å²) in [4.78, 5) is 15.5. The van der Waals surface area contributed by atoms with Gasteiger partial charge in [-0.15, -0.1) is 0 Å². The molecule has 0 radical (unpaired) electrons. The van der Waals surface area contributed by atoms with Crippen LogP contribution in [0, 0.1) is 17.3 Å². The Balaban J connectivity index is 1.39. The normalized spacial score (nSPS) is 39.9. The maximum absolute atomic E-state index is 13.3. The molecule has 0 aromatic heterocycles. The van der Waals surface area contributed by atoms with Crippen molar-refractivity contribution in [2.75, 3.05) is 32.7 Å². The average Bonchev–Trinajstić information content (AvgIpc) is 3.24. The van der Waals surface area contributed by atoms with Gasteiger partial charge in [0.05, 0.1) is 5.41 Å². The van der Waals surface area contributed by atoms with Crippen molar-refractivity contribution in [3.63, 3.8) is 0 Å². The highest BCUT2D eigenvalue weighted by molar-refractivity contribution is 5.84. The second kappa shape index (κ2) is 6.12. The van der Waals surface area contributed by atoms with Gasteiger partial charge in [-0.1, -0.05) is 12.8 Å². The molecule has 3 aliphatic heterocycles. The van der Waals surface area contributed by atoms with E-state index < -0.39 is 0 Å². The van der Waals surface area contributed by atoms with Gasteiger partial charge in [0.1, 0.15) is 0 Å². The summed E-state index contributed by atoms with van der Waals surface area (Å²) in [5, 5.41) is 7.18. The minimum atomic E-state index is -0.0449. The SMILES string of the molecule is O=C(N1CCC(C2CCCN2)CC1)[C@@]12CCCC[C@H]1CNC2. The van der Waals surface area contributed by atoms with Gasteiger partial charge in [-0.05, 0) is 63.5 Å². The van der Waals surface area contributed by atoms with E-state index in [1.165, 1.54) is 51.5 Å². The van der Waals surface area contributed by atoms with Crippen LogP contribution in [0.1, 0.15) is 51.4 Å². The lowest BCUT2D eigenvalue weighted by Gasteiger charge is -2.43. The molecule has 4 aliphatic rings. The van der Waals surface area contributed by atoms with E-state index in [9.17, 15) is 4.79 Å². The Morgan fingerprint density at radius 2 is 1.91 bits per heavy atom. The van der Waals surface area contributed by atoms with Gasteiger partial charge in [-0.25, -0.2) is 0 Å². The van der Waals surface area contributed by atoms with Crippen LogP contribution in [0.4, 0.5) is 0 Å². The molecule has 3 heterocycles. The van der Waals surface area contributed by atoms with Crippen LogP contribution in [0.3, 0.4) is 0 Å². The lowest BCUT2D eigenvalue weighted by Crippen LogP contribution is -2.52. The van der Waals surface area contributed by atoms with Crippen LogP contribution in [0.2, 0.25) is 0 Å². The maximum Gasteiger partial charge on any atom is 0.230 e. The van der Waals surface area contributed by atoms with Gasteiger partial charge in [0.15, 0.2) is 0 Å². The van der Waals surface area contributed by atoms with Gasteiger partial charge in [0, 0.05) is 25.7 Å². The molecule has 1 aliphatic carbocycles. The number of amides is 1. The van der Waals surface area contributed by atoms with E-state index >= 15 is 0 Å². The van der Waals surface area contributed by atoms with Crippen molar-refractivity contribution in [1.82, 2.24) is 15.5 Å². The molecule has 124 valence electrons. The molecule has 3 saturated heterocycles. The Morgan fingerprint density at radius 3 is 2.68 bits per heavy atom. The van der Waals surface area contributed by atoms with Gasteiger partial charge in [-0.3, -0.25) is 4.79 Å². The molecule has 0 aromatic rings. The summed E-state index contributed by atoms with van der Waals surface area (Å²) in [7, 11) is 0. The van der Waals surface area contributed by atoms with E-state index in [-0.39, 0.29) is 5.41 Å². The van der Waals surface area contributed by atoms with Gasteiger partial charge in [-0.2, -0.15) is 0 Å². The highest BCUT2D eigenvalue weighted by Crippen LogP contribution is 2.45. The fourth-order valence-electron chi connectivity index (χ4n) is 5.60. The van der Waals surface area contributed by atoms with Crippen LogP contribution < -0.4 is 10.6 Å². The first-order valence-electron chi connectivity index (χ1n) is 9.53. The summed E-state index contributed by atoms with van der Waals surface area (Å²) < 4.78 is 0. The monoisotopic (exact) mass is 305 g/mol. The lowest BCUT2D eigenvalue weighted by molar-refractivity contribution is -0.147. The number of hydrogen-bond donors (Lipinski definition) is 2. The van der Waals surface area contributed by atoms with E-state index in [0.29, 0.717) is 11.8 Å². The van der Waals surface area contributed by atoms with Crippen LogP contribution >= 0.6 is 0 Å². The number of fused-ring (bicyclic) bond motifs is 1. The fraction of sp³-hybridized carbons (Fsp3) is 0.944. The minimum absolute atomic E-state index is 0.0449. The van der Waals surface area contributed by atoms with Crippen LogP contribution in [0.25, 0.3) is 0 Å². The molecule has 0 spiro atoms. The molecule has 4 rings (SSSR count). The van der Waals surface area contributed by atoms with Gasteiger partial charge in [0.2, 0.25) is 5.91 Å². The molecular weight excluding hydrogens is 274 g/mol. The highest BCUT2D eigenvalue weighted by atomic mass is 16.2. The number of nitrogens with one attached hydrogen (secondary N) is 2. The van der Waals surface area contributed by atoms with Crippen molar-refractivity contribution in [2.45, 2.75) is 57.4 Å². The number of hydrogen-bond acceptors (Lipinski definition) is 3. The van der Waals surface area contributed by atoms with E-state index in [2.05, 4.69) is 15.5 Å². The molecule has 4 nitrogen and oxygen atoms in total. The third-order valence-electron chi connectivity index (χ3n) is 6.96. The minimum Gasteiger partial charge on any atom is -0.342 e. The molecule has 3 atom stereocenters. The van der Waals surface area contributed by atoms with E-state index in [4.69, 9.17) is 0 Å². The molecular formula is C18H31N3O. The number of likely N-dealkylation sites (tertiary alicyclic amines) is 1. The zero-order valence-corrected chi connectivity index (χ0v) is 13.8. The first kappa shape index (κ1) is 14.9. The first-order chi connectivity index (χ1) is 10.8. The summed E-state index contributed by atoms with van der Waals surface area (Å²) in [5.41, 5.74) is -0.0449. The molecule has 1 saturated carbocycles. The molecule has 1 amide bonds. The zero-order valence-electron chi connectivity index (χ0n) is 13.8. The van der Waals surface area contributed by atoms with Crippen molar-refractivity contribution < 1.29 is 4.79 Å². The third kappa shape index (κ3) is 2.48. The van der Waals surface area contributed by atoms with Crippen molar-refractivity contribution >= 4 is 5.91 Å². The Morgan fingerprint density at radius 1 is 1.05 bits per heavy atom. The fourth-order valence-corrected chi connectivity index (χ4v) is 5.60. The van der Waals surface area contributed by atoms with E-state index in [1.54, 1.807) is 0 Å². The molecule has 22 heavy (non-hydrogen) atoms. The van der Waals surface area contributed by atoms with Crippen LogP contribution in [-0.2, 0) is 4.79 Å². The third-order valence-corrected chi connectivity index (χ3v) is 6.96. The highest BCUT2D eigenvalue weighted by Gasteiger charge is 2.51. The molecule has 4 fully saturated rings.